The van der Waals surface area contributed by atoms with Gasteiger partial charge in [-0.1, -0.05) is 193 Å². The second-order valence-corrected chi connectivity index (χ2v) is 32.8. The van der Waals surface area contributed by atoms with Crippen molar-refractivity contribution in [2.75, 3.05) is 39.6 Å². The van der Waals surface area contributed by atoms with Crippen molar-refractivity contribution in [3.05, 3.63) is 12.2 Å². The number of aliphatic carboxylic acids is 1. The summed E-state index contributed by atoms with van der Waals surface area (Å²) in [5.74, 6) is -7.64. The molecule has 0 radical (unpaired) electrons. The topological polar surface area (TPSA) is 600 Å². The minimum absolute atomic E-state index is 0.148. The largest absolute Gasteiger partial charge is 0.477 e. The van der Waals surface area contributed by atoms with Crippen molar-refractivity contribution >= 4 is 23.7 Å². The molecule has 6 saturated heterocycles. The Labute approximate surface area is 697 Å². The van der Waals surface area contributed by atoms with E-state index in [2.05, 4.69) is 29.8 Å². The number of aliphatic hydroxyl groups excluding tert-OH is 18. The first kappa shape index (κ1) is 104. The quantitative estimate of drug-likeness (QED) is 0.0246. The van der Waals surface area contributed by atoms with Crippen LogP contribution in [0.5, 0.6) is 0 Å². The van der Waals surface area contributed by atoms with Crippen molar-refractivity contribution in [2.45, 2.75) is 436 Å². The van der Waals surface area contributed by atoms with E-state index < -0.39 is 266 Å². The number of unbranched alkanes of at least 4 members (excludes halogenated alkanes) is 27. The fraction of sp³-hybridized carbons (Fsp3) is 0.926. The summed E-state index contributed by atoms with van der Waals surface area (Å²) >= 11 is 0. The molecule has 12 unspecified atom stereocenters. The number of carboxylic acid groups (broad SMARTS) is 1. The van der Waals surface area contributed by atoms with E-state index in [0.29, 0.717) is 12.8 Å². The van der Waals surface area contributed by atoms with Gasteiger partial charge in [-0.3, -0.25) is 14.4 Å². The molecule has 33 atom stereocenters. The number of hydrogen-bond donors (Lipinski definition) is 22. The van der Waals surface area contributed by atoms with Gasteiger partial charge < -0.3 is 170 Å². The first-order chi connectivity index (χ1) is 57.0. The van der Waals surface area contributed by atoms with Crippen LogP contribution in [-0.4, -0.2) is 362 Å². The number of amides is 3. The van der Waals surface area contributed by atoms with Gasteiger partial charge in [0.1, 0.15) is 134 Å². The minimum atomic E-state index is -3.30. The molecule has 6 heterocycles. The molecule has 0 bridgehead atoms. The van der Waals surface area contributed by atoms with E-state index in [9.17, 15) is 116 Å². The van der Waals surface area contributed by atoms with Crippen molar-refractivity contribution < 1.29 is 173 Å². The summed E-state index contributed by atoms with van der Waals surface area (Å²) in [6, 6.07) is -4.88. The maximum Gasteiger partial charge on any atom is 0.364 e. The van der Waals surface area contributed by atoms with Gasteiger partial charge in [0.25, 0.3) is 5.79 Å². The highest BCUT2D eigenvalue weighted by Gasteiger charge is 2.62. The summed E-state index contributed by atoms with van der Waals surface area (Å²) in [4.78, 5) is 52.9. The number of hydrogen-bond acceptors (Lipinski definition) is 34. The lowest BCUT2D eigenvalue weighted by Gasteiger charge is -2.52. The molecule has 0 aromatic heterocycles. The fourth-order valence-electron chi connectivity index (χ4n) is 16.1. The molecule has 0 saturated carbocycles. The molecule has 0 aromatic carbocycles. The molecule has 0 aliphatic carbocycles. The highest BCUT2D eigenvalue weighted by atomic mass is 16.8. The molecule has 119 heavy (non-hydrogen) atoms. The molecule has 3 amide bonds. The van der Waals surface area contributed by atoms with Crippen molar-refractivity contribution in [2.24, 2.45) is 0 Å². The van der Waals surface area contributed by atoms with Crippen LogP contribution < -0.4 is 16.0 Å². The van der Waals surface area contributed by atoms with Crippen LogP contribution in [0.2, 0.25) is 0 Å². The summed E-state index contributed by atoms with van der Waals surface area (Å²) < 4.78 is 72.3. The Balaban J connectivity index is 1.20. The van der Waals surface area contributed by atoms with Crippen LogP contribution in [0.25, 0.3) is 0 Å². The number of carboxylic acids is 1. The number of rotatable bonds is 56. The SMILES string of the molecule is CCCCCCCCCCCCC/C=C/[C@@H](O)[C@H](CO[C@@H]1OC(CO)[C@@H](O[C@@H]2OC(CO)[C@H](O)[C@H](O[C@@H]3OC(CO)[C@@H](O[C@H]4OC(C)[C@@H](O)C(O)[C@@H]4O)[C@H](O[C@@H]4OC(CO)[C@H](O)[C@H](O[C@]5(C(=O)O)CC(O)[C@@H](NC(C)=O)C([C@H](O)[C@H](O)CO)O5)C4O)C3NC(C)=O)C2O)[C@H](O)C1O)NC(=O)CCCCCCCCCCCCCCCCCCC. The lowest BCUT2D eigenvalue weighted by atomic mass is 9.88. The Morgan fingerprint density at radius 2 is 0.874 bits per heavy atom. The van der Waals surface area contributed by atoms with Gasteiger partial charge in [0.2, 0.25) is 17.7 Å². The van der Waals surface area contributed by atoms with Gasteiger partial charge >= 0.3 is 5.97 Å². The molecular weight excluding hydrogens is 1570 g/mol. The van der Waals surface area contributed by atoms with E-state index >= 15 is 0 Å². The maximum absolute atomic E-state index is 13.6. The number of carbonyl (C=O) groups is 4. The highest BCUT2D eigenvalue weighted by Crippen LogP contribution is 2.41. The molecule has 6 rings (SSSR count). The van der Waals surface area contributed by atoms with E-state index in [4.69, 9.17) is 56.8 Å². The summed E-state index contributed by atoms with van der Waals surface area (Å²) in [5.41, 5.74) is 0. The number of carbonyl (C=O) groups excluding carboxylic acids is 3. The van der Waals surface area contributed by atoms with Gasteiger partial charge in [-0.2, -0.15) is 0 Å². The smallest absolute Gasteiger partial charge is 0.364 e. The van der Waals surface area contributed by atoms with Gasteiger partial charge in [0, 0.05) is 26.7 Å². The zero-order valence-corrected chi connectivity index (χ0v) is 69.8. The second kappa shape index (κ2) is 54.4. The Bertz CT molecular complexity index is 2850. The van der Waals surface area contributed by atoms with E-state index in [1.54, 1.807) is 6.08 Å². The van der Waals surface area contributed by atoms with Gasteiger partial charge in [-0.25, -0.2) is 4.79 Å². The van der Waals surface area contributed by atoms with E-state index in [0.717, 1.165) is 65.2 Å². The molecular formula is C81H145N3O35. The predicted molar refractivity (Wildman–Crippen MR) is 419 cm³/mol. The highest BCUT2D eigenvalue weighted by molar-refractivity contribution is 5.77. The average molecular weight is 1720 g/mol. The number of ether oxygens (including phenoxy) is 12. The van der Waals surface area contributed by atoms with Gasteiger partial charge in [0.05, 0.1) is 70.0 Å². The Kier molecular flexibility index (Phi) is 47.7. The summed E-state index contributed by atoms with van der Waals surface area (Å²) in [5, 5.41) is 221. The first-order valence-electron chi connectivity index (χ1n) is 43.5. The van der Waals surface area contributed by atoms with Crippen molar-refractivity contribution in [3.63, 3.8) is 0 Å². The van der Waals surface area contributed by atoms with E-state index in [1.807, 2.05) is 6.08 Å². The second-order valence-electron chi connectivity index (χ2n) is 32.8. The zero-order chi connectivity index (χ0) is 87.5. The molecule has 38 nitrogen and oxygen atoms in total. The van der Waals surface area contributed by atoms with Gasteiger partial charge in [0.15, 0.2) is 31.5 Å². The third-order valence-electron chi connectivity index (χ3n) is 23.2. The van der Waals surface area contributed by atoms with Crippen LogP contribution in [0.4, 0.5) is 0 Å². The monoisotopic (exact) mass is 1720 g/mol. The van der Waals surface area contributed by atoms with Gasteiger partial charge in [-0.05, 0) is 26.2 Å². The first-order valence-corrected chi connectivity index (χ1v) is 43.5. The third-order valence-corrected chi connectivity index (χ3v) is 23.2. The number of aliphatic hydroxyl groups is 18. The summed E-state index contributed by atoms with van der Waals surface area (Å²) in [7, 11) is 0. The summed E-state index contributed by atoms with van der Waals surface area (Å²) in [6.07, 6.45) is -23.8. The van der Waals surface area contributed by atoms with E-state index in [-0.39, 0.29) is 12.3 Å². The van der Waals surface area contributed by atoms with Crippen LogP contribution in [-0.2, 0) is 76.0 Å². The number of allylic oxidation sites excluding steroid dienone is 1. The normalized spacial score (nSPS) is 36.2. The average Bonchev–Trinajstić information content (AvgIpc) is 0.753. The molecule has 6 aliphatic rings. The molecule has 6 aliphatic heterocycles. The fourth-order valence-corrected chi connectivity index (χ4v) is 16.1. The van der Waals surface area contributed by atoms with Crippen LogP contribution in [0.1, 0.15) is 234 Å². The number of nitrogens with one attached hydrogen (secondary N) is 3. The van der Waals surface area contributed by atoms with Crippen molar-refractivity contribution in [1.82, 2.24) is 16.0 Å². The van der Waals surface area contributed by atoms with Crippen molar-refractivity contribution in [3.8, 4) is 0 Å². The zero-order valence-electron chi connectivity index (χ0n) is 69.8. The lowest BCUT2D eigenvalue weighted by molar-refractivity contribution is -0.399. The molecule has 0 spiro atoms. The van der Waals surface area contributed by atoms with Gasteiger partial charge in [-0.15, -0.1) is 0 Å². The Hall–Kier alpha value is -3.58. The maximum atomic E-state index is 13.6. The Morgan fingerprint density at radius 3 is 1.37 bits per heavy atom. The molecule has 22 N–H and O–H groups in total. The molecule has 694 valence electrons. The molecule has 38 heteroatoms. The Morgan fingerprint density at radius 1 is 0.454 bits per heavy atom. The summed E-state index contributed by atoms with van der Waals surface area (Å²) in [6.45, 7) is 1.48. The molecule has 6 fully saturated rings. The van der Waals surface area contributed by atoms with Crippen LogP contribution >= 0.6 is 0 Å². The predicted octanol–water partition coefficient (Wildman–Crippen LogP) is -1.41. The van der Waals surface area contributed by atoms with Crippen LogP contribution in [0, 0.1) is 0 Å². The standard InChI is InChI=1S/C81H145N3O35/c1-6-8-10-12-14-16-18-20-21-22-23-25-27-29-31-33-35-37-56(95)84-48(49(92)36-34-32-30-28-26-24-19-17-15-13-11-9-7-2)44-108-76-66(103)64(101)69(54(42-88)113-76)114-78-67(104)73(61(98)52(40-86)110-78)117-75-58(83-47(5)91)72(70(55(43-89)112-75)115-77-65(102)63(100)59(96)45(3)109-77)116-79-68(105)74(62(99)53(41-87)111-79)119-81(80(106)107)38-50(93)57(82-46(4)90)71(118-81)60(97)51(94)39-85/h34,36,45,48-55,57-79,85-89,92-94,96-105H,6-33,35,37-44H2,1-5H3,(H,82,90)(H,83,91)(H,84,95)(H,106,107)/b36-34+/t45?,48-,49+,50?,51+,52?,53?,54?,55?,57+,58?,59+,60+,61-,62-,63?,64+,65-,66?,67?,68?,69+,70+,71?,72+,73-,74-,75-,76+,77+,78-,79-,81-/m0/s1. The minimum Gasteiger partial charge on any atom is -0.477 e. The lowest BCUT2D eigenvalue weighted by Crippen LogP contribution is -2.72. The van der Waals surface area contributed by atoms with Crippen LogP contribution in [0.15, 0.2) is 12.2 Å². The van der Waals surface area contributed by atoms with Crippen LogP contribution in [0.3, 0.4) is 0 Å². The molecule has 0 aromatic rings. The van der Waals surface area contributed by atoms with E-state index in [1.165, 1.54) is 129 Å². The van der Waals surface area contributed by atoms with Crippen molar-refractivity contribution in [1.29, 1.82) is 0 Å². The third kappa shape index (κ3) is 31.5.